The van der Waals surface area contributed by atoms with Crippen LogP contribution in [-0.4, -0.2) is 23.3 Å². The van der Waals surface area contributed by atoms with Crippen molar-refractivity contribution in [2.24, 2.45) is 11.8 Å². The fraction of sp³-hybridized carbons (Fsp3) is 0.353. The number of nitrogens with zero attached hydrogens (tertiary/aromatic N) is 1. The molecule has 0 radical (unpaired) electrons. The monoisotopic (exact) mass is 347 g/mol. The van der Waals surface area contributed by atoms with Gasteiger partial charge in [0.2, 0.25) is 11.8 Å². The highest BCUT2D eigenvalue weighted by Gasteiger charge is 2.38. The van der Waals surface area contributed by atoms with Gasteiger partial charge in [-0.05, 0) is 36.6 Å². The van der Waals surface area contributed by atoms with Crippen LogP contribution in [0.5, 0.6) is 0 Å². The highest BCUT2D eigenvalue weighted by molar-refractivity contribution is 7.14. The van der Waals surface area contributed by atoms with E-state index in [0.717, 1.165) is 12.0 Å². The lowest BCUT2D eigenvalue weighted by Crippen LogP contribution is -2.29. The zero-order valence-electron chi connectivity index (χ0n) is 13.2. The Kier molecular flexibility index (Phi) is 4.89. The lowest BCUT2D eigenvalue weighted by atomic mass is 10.1. The van der Waals surface area contributed by atoms with Gasteiger partial charge in [-0.25, -0.2) is 9.37 Å². The van der Waals surface area contributed by atoms with Gasteiger partial charge in [-0.2, -0.15) is 0 Å². The maximum Gasteiger partial charge on any atom is 0.226 e. The Morgan fingerprint density at radius 1 is 1.33 bits per heavy atom. The van der Waals surface area contributed by atoms with Crippen LogP contribution < -0.4 is 10.6 Å². The smallest absolute Gasteiger partial charge is 0.226 e. The van der Waals surface area contributed by atoms with Crippen molar-refractivity contribution in [3.8, 4) is 11.3 Å². The summed E-state index contributed by atoms with van der Waals surface area (Å²) in [6.45, 7) is 2.36. The standard InChI is InChI=1S/C17H18FN3O2S/c1-10-8-13(10)16(23)19-7-6-14(22)21-17-15(20-9-24-17)11-2-4-12(18)5-3-11/h2-5,9-10,13H,6-8H2,1H3,(H,19,23)(H,21,22). The largest absolute Gasteiger partial charge is 0.355 e. The van der Waals surface area contributed by atoms with Crippen molar-refractivity contribution in [1.29, 1.82) is 0 Å². The molecule has 2 amide bonds. The lowest BCUT2D eigenvalue weighted by Gasteiger charge is -2.07. The number of amides is 2. The minimum absolute atomic E-state index is 0.0279. The van der Waals surface area contributed by atoms with E-state index in [2.05, 4.69) is 15.6 Å². The summed E-state index contributed by atoms with van der Waals surface area (Å²) in [5.41, 5.74) is 2.98. The van der Waals surface area contributed by atoms with Crippen LogP contribution >= 0.6 is 11.3 Å². The second kappa shape index (κ2) is 7.09. The van der Waals surface area contributed by atoms with Crippen LogP contribution in [0.2, 0.25) is 0 Å². The van der Waals surface area contributed by atoms with E-state index in [1.807, 2.05) is 6.92 Å². The highest BCUT2D eigenvalue weighted by atomic mass is 32.1. The Labute approximate surface area is 143 Å². The van der Waals surface area contributed by atoms with E-state index in [1.165, 1.54) is 23.5 Å². The fourth-order valence-corrected chi connectivity index (χ4v) is 3.17. The van der Waals surface area contributed by atoms with E-state index < -0.39 is 0 Å². The predicted molar refractivity (Wildman–Crippen MR) is 91.0 cm³/mol. The summed E-state index contributed by atoms with van der Waals surface area (Å²) in [6.07, 6.45) is 1.13. The first kappa shape index (κ1) is 16.6. The summed E-state index contributed by atoms with van der Waals surface area (Å²) in [4.78, 5) is 28.0. The van der Waals surface area contributed by atoms with Gasteiger partial charge in [0.05, 0.1) is 5.51 Å². The summed E-state index contributed by atoms with van der Waals surface area (Å²) in [5.74, 6) is 0.0843. The maximum atomic E-state index is 13.0. The van der Waals surface area contributed by atoms with Crippen LogP contribution in [0.15, 0.2) is 29.8 Å². The van der Waals surface area contributed by atoms with Crippen LogP contribution in [-0.2, 0) is 9.59 Å². The molecule has 0 aliphatic heterocycles. The Morgan fingerprint density at radius 2 is 2.04 bits per heavy atom. The molecule has 1 aliphatic rings. The van der Waals surface area contributed by atoms with Gasteiger partial charge in [-0.3, -0.25) is 9.59 Å². The van der Waals surface area contributed by atoms with Gasteiger partial charge in [0.15, 0.2) is 0 Å². The molecule has 1 heterocycles. The van der Waals surface area contributed by atoms with Crippen LogP contribution in [0, 0.1) is 17.7 Å². The van der Waals surface area contributed by atoms with Crippen LogP contribution in [0.1, 0.15) is 19.8 Å². The van der Waals surface area contributed by atoms with Crippen molar-refractivity contribution in [3.05, 3.63) is 35.6 Å². The topological polar surface area (TPSA) is 71.1 Å². The molecule has 3 rings (SSSR count). The number of hydrogen-bond donors (Lipinski definition) is 2. The van der Waals surface area contributed by atoms with Gasteiger partial charge in [-0.1, -0.05) is 6.92 Å². The molecule has 2 atom stereocenters. The van der Waals surface area contributed by atoms with Crippen molar-refractivity contribution in [1.82, 2.24) is 10.3 Å². The molecule has 24 heavy (non-hydrogen) atoms. The van der Waals surface area contributed by atoms with Crippen LogP contribution in [0.25, 0.3) is 11.3 Å². The van der Waals surface area contributed by atoms with Gasteiger partial charge in [0, 0.05) is 24.4 Å². The van der Waals surface area contributed by atoms with Crippen molar-refractivity contribution in [3.63, 3.8) is 0 Å². The normalized spacial score (nSPS) is 18.9. The summed E-state index contributed by atoms with van der Waals surface area (Å²) >= 11 is 1.31. The Balaban J connectivity index is 1.52. The van der Waals surface area contributed by atoms with Crippen molar-refractivity contribution < 1.29 is 14.0 Å². The number of benzene rings is 1. The average molecular weight is 347 g/mol. The number of carbonyl (C=O) groups excluding carboxylic acids is 2. The SMILES string of the molecule is CC1CC1C(=O)NCCC(=O)Nc1scnc1-c1ccc(F)cc1. The molecule has 7 heteroatoms. The fourth-order valence-electron chi connectivity index (χ4n) is 2.46. The van der Waals surface area contributed by atoms with E-state index in [0.29, 0.717) is 23.2 Å². The first-order valence-corrected chi connectivity index (χ1v) is 8.69. The minimum atomic E-state index is -0.319. The number of carbonyl (C=O) groups is 2. The molecular formula is C17H18FN3O2S. The summed E-state index contributed by atoms with van der Waals surface area (Å²) < 4.78 is 13.0. The van der Waals surface area contributed by atoms with Gasteiger partial charge < -0.3 is 10.6 Å². The highest BCUT2D eigenvalue weighted by Crippen LogP contribution is 2.37. The predicted octanol–water partition coefficient (Wildman–Crippen LogP) is 3.05. The van der Waals surface area contributed by atoms with Gasteiger partial charge in [-0.15, -0.1) is 11.3 Å². The quantitative estimate of drug-likeness (QED) is 0.844. The van der Waals surface area contributed by atoms with Crippen LogP contribution in [0.4, 0.5) is 9.39 Å². The second-order valence-corrected chi connectivity index (χ2v) is 6.80. The number of rotatable bonds is 6. The number of hydrogen-bond acceptors (Lipinski definition) is 4. The minimum Gasteiger partial charge on any atom is -0.355 e. The molecule has 0 spiro atoms. The Bertz CT molecular complexity index is 745. The summed E-state index contributed by atoms with van der Waals surface area (Å²) in [5, 5.41) is 6.21. The van der Waals surface area contributed by atoms with E-state index in [-0.39, 0.29) is 30.0 Å². The van der Waals surface area contributed by atoms with Crippen molar-refractivity contribution in [2.75, 3.05) is 11.9 Å². The third-order valence-corrected chi connectivity index (χ3v) is 4.78. The molecule has 0 saturated heterocycles. The molecule has 1 aliphatic carbocycles. The molecule has 1 aromatic heterocycles. The third-order valence-electron chi connectivity index (χ3n) is 4.04. The van der Waals surface area contributed by atoms with Gasteiger partial charge in [0.1, 0.15) is 16.5 Å². The molecule has 1 saturated carbocycles. The Morgan fingerprint density at radius 3 is 2.71 bits per heavy atom. The second-order valence-electron chi connectivity index (χ2n) is 5.95. The van der Waals surface area contributed by atoms with Crippen LogP contribution in [0.3, 0.4) is 0 Å². The zero-order valence-corrected chi connectivity index (χ0v) is 14.0. The number of nitrogens with one attached hydrogen (secondary N) is 2. The number of anilines is 1. The zero-order chi connectivity index (χ0) is 17.1. The van der Waals surface area contributed by atoms with Crippen molar-refractivity contribution in [2.45, 2.75) is 19.8 Å². The molecule has 5 nitrogen and oxygen atoms in total. The van der Waals surface area contributed by atoms with E-state index >= 15 is 0 Å². The molecule has 2 aromatic rings. The maximum absolute atomic E-state index is 13.0. The van der Waals surface area contributed by atoms with Crippen molar-refractivity contribution >= 4 is 28.2 Å². The van der Waals surface area contributed by atoms with E-state index in [4.69, 9.17) is 0 Å². The van der Waals surface area contributed by atoms with E-state index in [9.17, 15) is 14.0 Å². The molecule has 126 valence electrons. The molecule has 0 bridgehead atoms. The van der Waals surface area contributed by atoms with E-state index in [1.54, 1.807) is 17.6 Å². The molecule has 1 fully saturated rings. The first-order valence-electron chi connectivity index (χ1n) is 7.81. The molecular weight excluding hydrogens is 329 g/mol. The number of halogens is 1. The lowest BCUT2D eigenvalue weighted by molar-refractivity contribution is -0.122. The molecule has 2 unspecified atom stereocenters. The van der Waals surface area contributed by atoms with Gasteiger partial charge >= 0.3 is 0 Å². The first-order chi connectivity index (χ1) is 11.5. The number of aromatic nitrogens is 1. The molecule has 2 N–H and O–H groups in total. The summed E-state index contributed by atoms with van der Waals surface area (Å²) in [6, 6.07) is 5.96. The molecule has 1 aromatic carbocycles. The summed E-state index contributed by atoms with van der Waals surface area (Å²) in [7, 11) is 0. The van der Waals surface area contributed by atoms with Gasteiger partial charge in [0.25, 0.3) is 0 Å². The Hall–Kier alpha value is -2.28. The average Bonchev–Trinajstić information content (AvgIpc) is 3.11. The number of thiazole rings is 1. The third kappa shape index (κ3) is 3.97.